The summed E-state index contributed by atoms with van der Waals surface area (Å²) in [7, 11) is 0. The third-order valence-corrected chi connectivity index (χ3v) is 4.79. The van der Waals surface area contributed by atoms with Gasteiger partial charge in [0.25, 0.3) is 5.91 Å². The van der Waals surface area contributed by atoms with Gasteiger partial charge >= 0.3 is 0 Å². The van der Waals surface area contributed by atoms with Crippen molar-refractivity contribution in [1.82, 2.24) is 20.0 Å². The Labute approximate surface area is 151 Å². The van der Waals surface area contributed by atoms with Crippen LogP contribution in [0.4, 0.5) is 0 Å². The maximum Gasteiger partial charge on any atom is 0.291 e. The molecule has 26 heavy (non-hydrogen) atoms. The second kappa shape index (κ2) is 6.63. The largest absolute Gasteiger partial charge is 0.358 e. The second-order valence-electron chi connectivity index (χ2n) is 6.46. The Hall–Kier alpha value is -3.15. The summed E-state index contributed by atoms with van der Waals surface area (Å²) in [5.41, 5.74) is 3.36. The first-order valence-corrected chi connectivity index (χ1v) is 8.74. The van der Waals surface area contributed by atoms with E-state index in [1.807, 2.05) is 31.2 Å². The van der Waals surface area contributed by atoms with Crippen molar-refractivity contribution in [3.63, 3.8) is 0 Å². The number of nitrogens with zero attached hydrogens (tertiary/aromatic N) is 3. The minimum Gasteiger partial charge on any atom is -0.358 e. The molecule has 0 saturated carbocycles. The van der Waals surface area contributed by atoms with E-state index in [1.54, 1.807) is 29.4 Å². The lowest BCUT2D eigenvalue weighted by atomic mass is 10.1. The van der Waals surface area contributed by atoms with Gasteiger partial charge in [0.15, 0.2) is 0 Å². The second-order valence-corrected chi connectivity index (χ2v) is 6.46. The number of hydrogen-bond acceptors (Lipinski definition) is 3. The summed E-state index contributed by atoms with van der Waals surface area (Å²) >= 11 is 0. The van der Waals surface area contributed by atoms with Crippen molar-refractivity contribution in [2.24, 2.45) is 0 Å². The number of carbonyl (C=O) groups excluding carboxylic acids is 2. The van der Waals surface area contributed by atoms with Gasteiger partial charge in [0, 0.05) is 35.9 Å². The molecule has 0 atom stereocenters. The molecule has 132 valence electrons. The van der Waals surface area contributed by atoms with Gasteiger partial charge < -0.3 is 4.98 Å². The molecule has 1 aliphatic heterocycles. The topological polar surface area (TPSA) is 69.3 Å². The molecule has 4 rings (SSSR count). The molecule has 1 N–H and O–H groups in total. The number of hydrazine groups is 1. The van der Waals surface area contributed by atoms with Crippen molar-refractivity contribution in [3.05, 3.63) is 65.6 Å². The number of aromatic amines is 1. The summed E-state index contributed by atoms with van der Waals surface area (Å²) in [5.74, 6) is -0.299. The van der Waals surface area contributed by atoms with Crippen LogP contribution in [-0.2, 0) is 11.2 Å². The number of pyridine rings is 1. The highest BCUT2D eigenvalue weighted by atomic mass is 16.2. The fraction of sp³-hybridized carbons (Fsp3) is 0.250. The SMILES string of the molecule is Cc1[nH]c2ccccc2c1CC(=O)N1CCCN1C(=O)c1ccccn1. The molecule has 1 aromatic carbocycles. The predicted octanol–water partition coefficient (Wildman–Crippen LogP) is 2.70. The molecule has 1 saturated heterocycles. The van der Waals surface area contributed by atoms with Crippen LogP contribution in [0.3, 0.4) is 0 Å². The number of benzene rings is 1. The number of fused-ring (bicyclic) bond motifs is 1. The van der Waals surface area contributed by atoms with Gasteiger partial charge in [-0.15, -0.1) is 0 Å². The minimum absolute atomic E-state index is 0.0698. The van der Waals surface area contributed by atoms with Crippen molar-refractivity contribution in [3.8, 4) is 0 Å². The molecule has 3 aromatic rings. The third-order valence-electron chi connectivity index (χ3n) is 4.79. The molecule has 0 unspecified atom stereocenters. The van der Waals surface area contributed by atoms with Gasteiger partial charge in [-0.1, -0.05) is 24.3 Å². The van der Waals surface area contributed by atoms with Gasteiger partial charge in [0.05, 0.1) is 6.42 Å². The van der Waals surface area contributed by atoms with Crippen LogP contribution < -0.4 is 0 Å². The smallest absolute Gasteiger partial charge is 0.291 e. The fourth-order valence-electron chi connectivity index (χ4n) is 3.51. The molecule has 2 aromatic heterocycles. The third kappa shape index (κ3) is 2.83. The summed E-state index contributed by atoms with van der Waals surface area (Å²) in [6, 6.07) is 13.2. The number of para-hydroxylation sites is 1. The van der Waals surface area contributed by atoms with Gasteiger partial charge in [-0.3, -0.25) is 19.6 Å². The number of carbonyl (C=O) groups is 2. The van der Waals surface area contributed by atoms with E-state index in [4.69, 9.17) is 0 Å². The van der Waals surface area contributed by atoms with Crippen LogP contribution in [-0.4, -0.2) is 44.9 Å². The van der Waals surface area contributed by atoms with E-state index in [0.29, 0.717) is 18.8 Å². The summed E-state index contributed by atoms with van der Waals surface area (Å²) in [4.78, 5) is 33.1. The quantitative estimate of drug-likeness (QED) is 0.791. The van der Waals surface area contributed by atoms with Gasteiger partial charge in [-0.05, 0) is 37.1 Å². The Morgan fingerprint density at radius 2 is 1.85 bits per heavy atom. The highest BCUT2D eigenvalue weighted by molar-refractivity contribution is 5.95. The van der Waals surface area contributed by atoms with Crippen molar-refractivity contribution in [1.29, 1.82) is 0 Å². The van der Waals surface area contributed by atoms with E-state index in [-0.39, 0.29) is 18.2 Å². The van der Waals surface area contributed by atoms with Gasteiger partial charge in [0.2, 0.25) is 5.91 Å². The van der Waals surface area contributed by atoms with Crippen LogP contribution in [0.5, 0.6) is 0 Å². The van der Waals surface area contributed by atoms with Gasteiger partial charge in [0.1, 0.15) is 5.69 Å². The van der Waals surface area contributed by atoms with Crippen molar-refractivity contribution < 1.29 is 9.59 Å². The molecule has 1 aliphatic rings. The monoisotopic (exact) mass is 348 g/mol. The maximum absolute atomic E-state index is 13.0. The summed E-state index contributed by atoms with van der Waals surface area (Å²) in [5, 5.41) is 4.15. The lowest BCUT2D eigenvalue weighted by Crippen LogP contribution is -2.45. The number of aryl methyl sites for hydroxylation is 1. The maximum atomic E-state index is 13.0. The van der Waals surface area contributed by atoms with E-state index >= 15 is 0 Å². The van der Waals surface area contributed by atoms with Crippen LogP contribution in [0.1, 0.15) is 28.2 Å². The Morgan fingerprint density at radius 1 is 1.08 bits per heavy atom. The van der Waals surface area contributed by atoms with Crippen LogP contribution in [0.15, 0.2) is 48.7 Å². The molecule has 0 aliphatic carbocycles. The summed E-state index contributed by atoms with van der Waals surface area (Å²) < 4.78 is 0. The Morgan fingerprint density at radius 3 is 2.65 bits per heavy atom. The zero-order chi connectivity index (χ0) is 18.1. The Bertz CT molecular complexity index is 964. The summed E-state index contributed by atoms with van der Waals surface area (Å²) in [6.45, 7) is 3.07. The molecule has 0 spiro atoms. The van der Waals surface area contributed by atoms with E-state index in [2.05, 4.69) is 9.97 Å². The Balaban J connectivity index is 1.57. The standard InChI is InChI=1S/C20H20N4O2/c1-14-16(15-7-2-3-8-17(15)22-14)13-19(25)23-11-6-12-24(23)20(26)18-9-4-5-10-21-18/h2-5,7-10,22H,6,11-13H2,1H3. The normalized spacial score (nSPS) is 14.2. The molecule has 3 heterocycles. The van der Waals surface area contributed by atoms with Crippen LogP contribution in [0.25, 0.3) is 10.9 Å². The first-order valence-electron chi connectivity index (χ1n) is 8.74. The number of amides is 2. The number of aromatic nitrogens is 2. The lowest BCUT2D eigenvalue weighted by molar-refractivity contribution is -0.139. The lowest BCUT2D eigenvalue weighted by Gasteiger charge is -2.27. The summed E-state index contributed by atoms with van der Waals surface area (Å²) in [6.07, 6.45) is 2.63. The van der Waals surface area contributed by atoms with Crippen LogP contribution >= 0.6 is 0 Å². The average molecular weight is 348 g/mol. The van der Waals surface area contributed by atoms with E-state index in [0.717, 1.165) is 28.6 Å². The molecule has 0 bridgehead atoms. The molecule has 2 amide bonds. The average Bonchev–Trinajstić information content (AvgIpc) is 3.27. The minimum atomic E-state index is -0.230. The van der Waals surface area contributed by atoms with E-state index in [1.165, 1.54) is 5.01 Å². The molecule has 1 fully saturated rings. The molecule has 0 radical (unpaired) electrons. The first kappa shape index (κ1) is 16.3. The fourth-order valence-corrected chi connectivity index (χ4v) is 3.51. The number of hydrogen-bond donors (Lipinski definition) is 1. The number of nitrogens with one attached hydrogen (secondary N) is 1. The highest BCUT2D eigenvalue weighted by Gasteiger charge is 2.32. The highest BCUT2D eigenvalue weighted by Crippen LogP contribution is 2.24. The first-order chi connectivity index (χ1) is 12.6. The number of H-pyrrole nitrogens is 1. The molecule has 6 nitrogen and oxygen atoms in total. The molecular formula is C20H20N4O2. The zero-order valence-corrected chi connectivity index (χ0v) is 14.6. The van der Waals surface area contributed by atoms with Crippen LogP contribution in [0.2, 0.25) is 0 Å². The Kier molecular flexibility index (Phi) is 4.16. The zero-order valence-electron chi connectivity index (χ0n) is 14.6. The van der Waals surface area contributed by atoms with Crippen molar-refractivity contribution in [2.75, 3.05) is 13.1 Å². The number of rotatable bonds is 3. The molecule has 6 heteroatoms. The van der Waals surface area contributed by atoms with Crippen molar-refractivity contribution >= 4 is 22.7 Å². The predicted molar refractivity (Wildman–Crippen MR) is 98.3 cm³/mol. The van der Waals surface area contributed by atoms with E-state index < -0.39 is 0 Å². The van der Waals surface area contributed by atoms with Crippen LogP contribution in [0, 0.1) is 6.92 Å². The van der Waals surface area contributed by atoms with Gasteiger partial charge in [-0.25, -0.2) is 5.01 Å². The van der Waals surface area contributed by atoms with Crippen molar-refractivity contribution in [2.45, 2.75) is 19.8 Å². The van der Waals surface area contributed by atoms with E-state index in [9.17, 15) is 9.59 Å². The molecular weight excluding hydrogens is 328 g/mol. The van der Waals surface area contributed by atoms with Gasteiger partial charge in [-0.2, -0.15) is 0 Å².